The molecule has 2 fully saturated rings. The van der Waals surface area contributed by atoms with Gasteiger partial charge in [0.1, 0.15) is 0 Å². The van der Waals surface area contributed by atoms with E-state index in [-0.39, 0.29) is 0 Å². The molecular formula is C17H26O. The van der Waals surface area contributed by atoms with Crippen molar-refractivity contribution in [2.75, 3.05) is 0 Å². The normalized spacial score (nSPS) is 46.4. The molecule has 0 aromatic rings. The van der Waals surface area contributed by atoms with Crippen LogP contribution in [0.5, 0.6) is 0 Å². The molecule has 0 heterocycles. The molecule has 0 aliphatic heterocycles. The fourth-order valence-electron chi connectivity index (χ4n) is 5.51. The third kappa shape index (κ3) is 1.70. The minimum atomic E-state index is 0.363. The van der Waals surface area contributed by atoms with Crippen LogP contribution < -0.4 is 0 Å². The average molecular weight is 246 g/mol. The van der Waals surface area contributed by atoms with E-state index in [1.54, 1.807) is 0 Å². The van der Waals surface area contributed by atoms with Gasteiger partial charge in [-0.05, 0) is 60.3 Å². The molecule has 4 unspecified atom stereocenters. The van der Waals surface area contributed by atoms with Crippen molar-refractivity contribution >= 4 is 5.78 Å². The molecule has 3 aliphatic rings. The third-order valence-electron chi connectivity index (χ3n) is 6.38. The molecule has 4 atom stereocenters. The molecular weight excluding hydrogens is 220 g/mol. The highest BCUT2D eigenvalue weighted by Crippen LogP contribution is 2.62. The molecule has 0 amide bonds. The quantitative estimate of drug-likeness (QED) is 0.620. The Morgan fingerprint density at radius 2 is 1.94 bits per heavy atom. The maximum absolute atomic E-state index is 11.8. The van der Waals surface area contributed by atoms with Crippen LogP contribution >= 0.6 is 0 Å². The van der Waals surface area contributed by atoms with Gasteiger partial charge < -0.3 is 0 Å². The average Bonchev–Trinajstić information content (AvgIpc) is 2.29. The van der Waals surface area contributed by atoms with Gasteiger partial charge in [0.25, 0.3) is 0 Å². The number of rotatable bonds is 0. The molecule has 18 heavy (non-hydrogen) atoms. The van der Waals surface area contributed by atoms with Gasteiger partial charge in [0.05, 0.1) is 0 Å². The Balaban J connectivity index is 1.96. The summed E-state index contributed by atoms with van der Waals surface area (Å²) in [5.74, 6) is 2.48. The zero-order valence-corrected chi connectivity index (χ0v) is 12.0. The van der Waals surface area contributed by atoms with Crippen LogP contribution in [0.2, 0.25) is 0 Å². The van der Waals surface area contributed by atoms with E-state index in [2.05, 4.69) is 26.8 Å². The summed E-state index contributed by atoms with van der Waals surface area (Å²) in [6, 6.07) is 0. The van der Waals surface area contributed by atoms with Crippen molar-refractivity contribution in [2.24, 2.45) is 28.6 Å². The SMILES string of the molecule is CC1(C)CCCC2(C)C3CC(=O)C=CC3CCC12. The first-order valence-corrected chi connectivity index (χ1v) is 7.64. The lowest BCUT2D eigenvalue weighted by molar-refractivity contribution is -0.126. The molecule has 0 bridgehead atoms. The number of allylic oxidation sites excluding steroid dienone is 2. The third-order valence-corrected chi connectivity index (χ3v) is 6.38. The largest absolute Gasteiger partial charge is 0.295 e. The molecule has 0 radical (unpaired) electrons. The molecule has 0 N–H and O–H groups in total. The van der Waals surface area contributed by atoms with Crippen molar-refractivity contribution in [3.05, 3.63) is 12.2 Å². The summed E-state index contributed by atoms with van der Waals surface area (Å²) >= 11 is 0. The van der Waals surface area contributed by atoms with E-state index < -0.39 is 0 Å². The molecule has 0 aromatic heterocycles. The van der Waals surface area contributed by atoms with Crippen LogP contribution in [-0.4, -0.2) is 5.78 Å². The molecule has 2 saturated carbocycles. The first kappa shape index (κ1) is 12.4. The molecule has 0 aromatic carbocycles. The van der Waals surface area contributed by atoms with E-state index in [4.69, 9.17) is 0 Å². The van der Waals surface area contributed by atoms with Crippen molar-refractivity contribution in [3.8, 4) is 0 Å². The minimum absolute atomic E-state index is 0.363. The molecule has 100 valence electrons. The number of carbonyl (C=O) groups is 1. The summed E-state index contributed by atoms with van der Waals surface area (Å²) in [6.45, 7) is 7.40. The van der Waals surface area contributed by atoms with E-state index >= 15 is 0 Å². The summed E-state index contributed by atoms with van der Waals surface area (Å²) in [4.78, 5) is 11.8. The minimum Gasteiger partial charge on any atom is -0.295 e. The van der Waals surface area contributed by atoms with E-state index in [9.17, 15) is 4.79 Å². The standard InChI is InChI=1S/C17H26O/c1-16(2)9-4-10-17(3)14-11-13(18)7-5-12(14)6-8-15(16)17/h5,7,12,14-15H,4,6,8-11H2,1-3H3. The number of ketones is 1. The lowest BCUT2D eigenvalue weighted by Crippen LogP contribution is -2.52. The van der Waals surface area contributed by atoms with Crippen LogP contribution in [0.1, 0.15) is 59.3 Å². The first-order valence-electron chi connectivity index (χ1n) is 7.64. The van der Waals surface area contributed by atoms with Crippen LogP contribution in [0.15, 0.2) is 12.2 Å². The smallest absolute Gasteiger partial charge is 0.155 e. The van der Waals surface area contributed by atoms with Crippen molar-refractivity contribution in [1.82, 2.24) is 0 Å². The number of carbonyl (C=O) groups excluding carboxylic acids is 1. The Labute approximate surface area is 111 Å². The Bertz CT molecular complexity index is 392. The van der Waals surface area contributed by atoms with Crippen molar-refractivity contribution in [3.63, 3.8) is 0 Å². The van der Waals surface area contributed by atoms with Crippen molar-refractivity contribution in [2.45, 2.75) is 59.3 Å². The number of hydrogen-bond donors (Lipinski definition) is 0. The van der Waals surface area contributed by atoms with Gasteiger partial charge in [0, 0.05) is 6.42 Å². The highest BCUT2D eigenvalue weighted by atomic mass is 16.1. The van der Waals surface area contributed by atoms with Gasteiger partial charge in [-0.15, -0.1) is 0 Å². The molecule has 3 rings (SSSR count). The Morgan fingerprint density at radius 3 is 2.72 bits per heavy atom. The highest BCUT2D eigenvalue weighted by molar-refractivity contribution is 5.90. The summed E-state index contributed by atoms with van der Waals surface area (Å²) < 4.78 is 0. The summed E-state index contributed by atoms with van der Waals surface area (Å²) in [6.07, 6.45) is 11.6. The maximum atomic E-state index is 11.8. The van der Waals surface area contributed by atoms with Crippen LogP contribution in [0.4, 0.5) is 0 Å². The molecule has 1 heteroatoms. The van der Waals surface area contributed by atoms with E-state index in [1.807, 2.05) is 6.08 Å². The lowest BCUT2D eigenvalue weighted by Gasteiger charge is -2.59. The van der Waals surface area contributed by atoms with Gasteiger partial charge >= 0.3 is 0 Å². The Hall–Kier alpha value is -0.590. The molecule has 1 nitrogen and oxygen atoms in total. The predicted molar refractivity (Wildman–Crippen MR) is 74.2 cm³/mol. The molecule has 0 spiro atoms. The van der Waals surface area contributed by atoms with Gasteiger partial charge in [-0.25, -0.2) is 0 Å². The van der Waals surface area contributed by atoms with E-state index in [0.717, 1.165) is 12.3 Å². The van der Waals surface area contributed by atoms with Crippen LogP contribution in [0.3, 0.4) is 0 Å². The molecule has 0 saturated heterocycles. The zero-order valence-electron chi connectivity index (χ0n) is 12.0. The second kappa shape index (κ2) is 3.95. The summed E-state index contributed by atoms with van der Waals surface area (Å²) in [7, 11) is 0. The molecule has 3 aliphatic carbocycles. The number of fused-ring (bicyclic) bond motifs is 3. The van der Waals surface area contributed by atoms with Gasteiger partial charge in [0.15, 0.2) is 5.78 Å². The first-order chi connectivity index (χ1) is 8.43. The predicted octanol–water partition coefficient (Wildman–Crippen LogP) is 4.37. The van der Waals surface area contributed by atoms with Crippen molar-refractivity contribution < 1.29 is 4.79 Å². The van der Waals surface area contributed by atoms with Crippen LogP contribution in [0, 0.1) is 28.6 Å². The van der Waals surface area contributed by atoms with Crippen LogP contribution in [0.25, 0.3) is 0 Å². The second-order valence-electron chi connectivity index (χ2n) is 7.78. The topological polar surface area (TPSA) is 17.1 Å². The second-order valence-corrected chi connectivity index (χ2v) is 7.78. The lowest BCUT2D eigenvalue weighted by atomic mass is 9.45. The van der Waals surface area contributed by atoms with Gasteiger partial charge in [-0.1, -0.05) is 33.3 Å². The maximum Gasteiger partial charge on any atom is 0.155 e. The van der Waals surface area contributed by atoms with E-state index in [1.165, 1.54) is 32.1 Å². The van der Waals surface area contributed by atoms with Gasteiger partial charge in [-0.3, -0.25) is 4.79 Å². The van der Waals surface area contributed by atoms with Gasteiger partial charge in [0.2, 0.25) is 0 Å². The summed E-state index contributed by atoms with van der Waals surface area (Å²) in [5.41, 5.74) is 0.882. The van der Waals surface area contributed by atoms with E-state index in [0.29, 0.717) is 28.4 Å². The fraction of sp³-hybridized carbons (Fsp3) is 0.824. The fourth-order valence-corrected chi connectivity index (χ4v) is 5.51. The van der Waals surface area contributed by atoms with Gasteiger partial charge in [-0.2, -0.15) is 0 Å². The monoisotopic (exact) mass is 246 g/mol. The van der Waals surface area contributed by atoms with Crippen molar-refractivity contribution in [1.29, 1.82) is 0 Å². The van der Waals surface area contributed by atoms with Crippen LogP contribution in [-0.2, 0) is 4.79 Å². The Morgan fingerprint density at radius 1 is 1.17 bits per heavy atom. The zero-order chi connectivity index (χ0) is 13.0. The number of hydrogen-bond acceptors (Lipinski definition) is 1. The Kier molecular flexibility index (Phi) is 2.73. The summed E-state index contributed by atoms with van der Waals surface area (Å²) in [5, 5.41) is 0. The highest BCUT2D eigenvalue weighted by Gasteiger charge is 2.54.